The summed E-state index contributed by atoms with van der Waals surface area (Å²) in [6.07, 6.45) is 1.18. The molecule has 0 aliphatic heterocycles. The van der Waals surface area contributed by atoms with Crippen LogP contribution in [0.2, 0.25) is 0 Å². The molecule has 0 bridgehead atoms. The first-order chi connectivity index (χ1) is 8.95. The summed E-state index contributed by atoms with van der Waals surface area (Å²) in [5.74, 6) is 3.73. The maximum absolute atomic E-state index is 11.4. The lowest BCUT2D eigenvalue weighted by atomic mass is 10.1. The van der Waals surface area contributed by atoms with Crippen molar-refractivity contribution in [2.75, 3.05) is 0 Å². The summed E-state index contributed by atoms with van der Waals surface area (Å²) in [7, 11) is 0. The highest BCUT2D eigenvalue weighted by molar-refractivity contribution is 6.01. The molecule has 2 amide bonds. The topological polar surface area (TPSA) is 127 Å². The monoisotopic (exact) mass is 264 g/mol. The van der Waals surface area contributed by atoms with Crippen molar-refractivity contribution in [3.05, 3.63) is 45.6 Å². The summed E-state index contributed by atoms with van der Waals surface area (Å²) in [6, 6.07) is 5.81. The fraction of sp³-hybridized carbons (Fsp3) is 0.0909. The summed E-state index contributed by atoms with van der Waals surface area (Å²) in [5.41, 5.74) is 1.67. The largest absolute Gasteiger partial charge is 0.322 e. The van der Waals surface area contributed by atoms with Crippen molar-refractivity contribution < 1.29 is 14.5 Å². The molecule has 0 aliphatic carbocycles. The zero-order valence-electron chi connectivity index (χ0n) is 10.0. The van der Waals surface area contributed by atoms with E-state index < -0.39 is 16.7 Å². The molecule has 0 unspecified atom stereocenters. The number of carbonyl (C=O) groups excluding carboxylic acids is 2. The Morgan fingerprint density at radius 2 is 2.00 bits per heavy atom. The van der Waals surface area contributed by atoms with E-state index in [0.717, 1.165) is 0 Å². The van der Waals surface area contributed by atoms with Gasteiger partial charge in [0.25, 0.3) is 11.6 Å². The molecule has 0 atom stereocenters. The molecular weight excluding hydrogens is 252 g/mol. The summed E-state index contributed by atoms with van der Waals surface area (Å²) in [6.45, 7) is 1.21. The van der Waals surface area contributed by atoms with Crippen LogP contribution in [0.1, 0.15) is 12.5 Å². The predicted molar refractivity (Wildman–Crippen MR) is 67.2 cm³/mol. The second kappa shape index (κ2) is 6.26. The van der Waals surface area contributed by atoms with Gasteiger partial charge in [0.15, 0.2) is 0 Å². The van der Waals surface area contributed by atoms with E-state index in [1.54, 1.807) is 6.07 Å². The molecule has 19 heavy (non-hydrogen) atoms. The average molecular weight is 264 g/mol. The lowest BCUT2D eigenvalue weighted by molar-refractivity contribution is -0.385. The minimum Gasteiger partial charge on any atom is -0.322 e. The van der Waals surface area contributed by atoms with Crippen LogP contribution in [-0.4, -0.2) is 16.7 Å². The molecule has 100 valence electrons. The molecule has 0 fully saturated rings. The standard InChI is InChI=1S/C11H12N4O4/c1-7(16)13-9(11(17)14-12)6-8-4-2-3-5-10(8)15(18)19/h2-6H,12H2,1H3,(H,13,16)(H,14,17). The van der Waals surface area contributed by atoms with Crippen LogP contribution >= 0.6 is 0 Å². The van der Waals surface area contributed by atoms with Crippen LogP contribution in [0.5, 0.6) is 0 Å². The molecule has 1 aromatic carbocycles. The quantitative estimate of drug-likeness (QED) is 0.233. The molecule has 8 nitrogen and oxygen atoms in total. The van der Waals surface area contributed by atoms with Gasteiger partial charge in [0.2, 0.25) is 5.91 Å². The molecule has 1 rings (SSSR count). The fourth-order valence-electron chi connectivity index (χ4n) is 1.36. The number of amides is 2. The third kappa shape index (κ3) is 3.89. The smallest absolute Gasteiger partial charge is 0.281 e. The van der Waals surface area contributed by atoms with Crippen LogP contribution in [-0.2, 0) is 9.59 Å². The highest BCUT2D eigenvalue weighted by Crippen LogP contribution is 2.20. The average Bonchev–Trinajstić information content (AvgIpc) is 2.36. The van der Waals surface area contributed by atoms with E-state index in [4.69, 9.17) is 5.84 Å². The number of benzene rings is 1. The van der Waals surface area contributed by atoms with Gasteiger partial charge in [-0.05, 0) is 12.1 Å². The van der Waals surface area contributed by atoms with Gasteiger partial charge in [-0.15, -0.1) is 0 Å². The van der Waals surface area contributed by atoms with Gasteiger partial charge in [-0.2, -0.15) is 0 Å². The van der Waals surface area contributed by atoms with Gasteiger partial charge in [0, 0.05) is 13.0 Å². The van der Waals surface area contributed by atoms with Crippen molar-refractivity contribution in [3.8, 4) is 0 Å². The number of para-hydroxylation sites is 1. The van der Waals surface area contributed by atoms with Gasteiger partial charge < -0.3 is 5.32 Å². The van der Waals surface area contributed by atoms with Crippen molar-refractivity contribution in [1.82, 2.24) is 10.7 Å². The van der Waals surface area contributed by atoms with E-state index in [1.807, 2.05) is 5.43 Å². The first-order valence-electron chi connectivity index (χ1n) is 5.19. The van der Waals surface area contributed by atoms with Gasteiger partial charge in [-0.25, -0.2) is 5.84 Å². The van der Waals surface area contributed by atoms with Gasteiger partial charge >= 0.3 is 0 Å². The highest BCUT2D eigenvalue weighted by Gasteiger charge is 2.15. The predicted octanol–water partition coefficient (Wildman–Crippen LogP) is 0.0617. The van der Waals surface area contributed by atoms with Gasteiger partial charge in [0.05, 0.1) is 10.5 Å². The summed E-state index contributed by atoms with van der Waals surface area (Å²) in [5, 5.41) is 13.1. The third-order valence-corrected chi connectivity index (χ3v) is 2.12. The SMILES string of the molecule is CC(=O)NC(=Cc1ccccc1[N+](=O)[O-])C(=O)NN. The van der Waals surface area contributed by atoms with Crippen LogP contribution in [0.3, 0.4) is 0 Å². The van der Waals surface area contributed by atoms with Gasteiger partial charge in [-0.1, -0.05) is 12.1 Å². The van der Waals surface area contributed by atoms with Crippen molar-refractivity contribution >= 4 is 23.6 Å². The second-order valence-electron chi connectivity index (χ2n) is 3.53. The highest BCUT2D eigenvalue weighted by atomic mass is 16.6. The number of hydrogen-bond donors (Lipinski definition) is 3. The molecule has 4 N–H and O–H groups in total. The van der Waals surface area contributed by atoms with E-state index in [9.17, 15) is 19.7 Å². The maximum atomic E-state index is 11.4. The lowest BCUT2D eigenvalue weighted by Crippen LogP contribution is -2.37. The van der Waals surface area contributed by atoms with Crippen molar-refractivity contribution in [2.24, 2.45) is 5.84 Å². The van der Waals surface area contributed by atoms with Gasteiger partial charge in [0.1, 0.15) is 5.70 Å². The Balaban J connectivity index is 3.25. The van der Waals surface area contributed by atoms with Crippen molar-refractivity contribution in [1.29, 1.82) is 0 Å². The number of nitro groups is 1. The van der Waals surface area contributed by atoms with Crippen LogP contribution in [0.4, 0.5) is 5.69 Å². The molecule has 0 aliphatic rings. The molecule has 0 saturated carbocycles. The number of hydrogen-bond acceptors (Lipinski definition) is 5. The Kier molecular flexibility index (Phi) is 4.72. The van der Waals surface area contributed by atoms with Gasteiger partial charge in [-0.3, -0.25) is 25.1 Å². The molecule has 0 aromatic heterocycles. The Labute approximate surface area is 108 Å². The molecule has 0 heterocycles. The zero-order chi connectivity index (χ0) is 14.4. The molecule has 0 saturated heterocycles. The number of nitrogens with one attached hydrogen (secondary N) is 2. The first-order valence-corrected chi connectivity index (χ1v) is 5.19. The molecular formula is C11H12N4O4. The van der Waals surface area contributed by atoms with Crippen LogP contribution in [0, 0.1) is 10.1 Å². The Hall–Kier alpha value is -2.74. The van der Waals surface area contributed by atoms with E-state index in [-0.39, 0.29) is 16.9 Å². The minimum absolute atomic E-state index is 0.177. The summed E-state index contributed by atoms with van der Waals surface area (Å²) < 4.78 is 0. The normalized spacial score (nSPS) is 10.7. The van der Waals surface area contributed by atoms with Crippen LogP contribution in [0.25, 0.3) is 6.08 Å². The number of carbonyl (C=O) groups is 2. The Morgan fingerprint density at radius 3 is 2.53 bits per heavy atom. The molecule has 1 aromatic rings. The minimum atomic E-state index is -0.756. The van der Waals surface area contributed by atoms with E-state index >= 15 is 0 Å². The number of hydrazine groups is 1. The van der Waals surface area contributed by atoms with E-state index in [1.165, 1.54) is 31.2 Å². The van der Waals surface area contributed by atoms with Crippen LogP contribution < -0.4 is 16.6 Å². The fourth-order valence-corrected chi connectivity index (χ4v) is 1.36. The van der Waals surface area contributed by atoms with Crippen LogP contribution in [0.15, 0.2) is 30.0 Å². The van der Waals surface area contributed by atoms with Crippen molar-refractivity contribution in [2.45, 2.75) is 6.92 Å². The number of nitrogens with two attached hydrogens (primary N) is 1. The summed E-state index contributed by atoms with van der Waals surface area (Å²) >= 11 is 0. The molecule has 0 radical (unpaired) electrons. The number of nitrogens with zero attached hydrogens (tertiary/aromatic N) is 1. The number of rotatable bonds is 4. The lowest BCUT2D eigenvalue weighted by Gasteiger charge is -2.06. The Morgan fingerprint density at radius 1 is 1.37 bits per heavy atom. The zero-order valence-corrected chi connectivity index (χ0v) is 10.0. The second-order valence-corrected chi connectivity index (χ2v) is 3.53. The van der Waals surface area contributed by atoms with Crippen molar-refractivity contribution in [3.63, 3.8) is 0 Å². The third-order valence-electron chi connectivity index (χ3n) is 2.12. The molecule has 0 spiro atoms. The first kappa shape index (κ1) is 14.3. The maximum Gasteiger partial charge on any atom is 0.281 e. The van der Waals surface area contributed by atoms with E-state index in [2.05, 4.69) is 5.32 Å². The Bertz CT molecular complexity index is 553. The summed E-state index contributed by atoms with van der Waals surface area (Å²) in [4.78, 5) is 32.7. The molecule has 8 heteroatoms. The number of nitro benzene ring substituents is 1. The van der Waals surface area contributed by atoms with E-state index in [0.29, 0.717) is 0 Å².